The van der Waals surface area contributed by atoms with Gasteiger partial charge in [0.15, 0.2) is 17.6 Å². The molecule has 3 aromatic carbocycles. The van der Waals surface area contributed by atoms with E-state index in [2.05, 4.69) is 0 Å². The van der Waals surface area contributed by atoms with Crippen LogP contribution in [0.3, 0.4) is 0 Å². The number of nitrogens with zero attached hydrogens (tertiary/aromatic N) is 1. The molecule has 0 amide bonds. The SMILES string of the molecule is Cc1ccc(S(=O)(=O)ON2CC=C(c3cccc4c3OC(c3ccc(Cl)cc3F)CO4)CC2)cc1. The van der Waals surface area contributed by atoms with Gasteiger partial charge in [-0.2, -0.15) is 17.8 Å². The zero-order valence-corrected chi connectivity index (χ0v) is 20.5. The Morgan fingerprint density at radius 3 is 2.63 bits per heavy atom. The average Bonchev–Trinajstić information content (AvgIpc) is 2.84. The Kier molecular flexibility index (Phi) is 6.55. The lowest BCUT2D eigenvalue weighted by molar-refractivity contribution is -0.0409. The molecule has 1 atom stereocenters. The normalized spacial score (nSPS) is 18.3. The van der Waals surface area contributed by atoms with Crippen molar-refractivity contribution in [2.75, 3.05) is 19.7 Å². The highest BCUT2D eigenvalue weighted by atomic mass is 35.5. The van der Waals surface area contributed by atoms with Crippen LogP contribution in [0.15, 0.2) is 71.6 Å². The molecule has 0 aromatic heterocycles. The second-order valence-corrected chi connectivity index (χ2v) is 10.4. The predicted octanol–water partition coefficient (Wildman–Crippen LogP) is 5.71. The van der Waals surface area contributed by atoms with Crippen LogP contribution in [-0.4, -0.2) is 33.2 Å². The van der Waals surface area contributed by atoms with Crippen LogP contribution < -0.4 is 9.47 Å². The van der Waals surface area contributed by atoms with E-state index in [9.17, 15) is 12.8 Å². The molecule has 2 heterocycles. The molecule has 0 saturated carbocycles. The maximum absolute atomic E-state index is 14.5. The summed E-state index contributed by atoms with van der Waals surface area (Å²) in [6.07, 6.45) is 1.81. The average molecular weight is 516 g/mol. The van der Waals surface area contributed by atoms with E-state index in [1.165, 1.54) is 23.3 Å². The number of aryl methyl sites for hydroxylation is 1. The van der Waals surface area contributed by atoms with E-state index >= 15 is 0 Å². The molecule has 0 spiro atoms. The van der Waals surface area contributed by atoms with Crippen LogP contribution in [0.2, 0.25) is 5.02 Å². The summed E-state index contributed by atoms with van der Waals surface area (Å²) >= 11 is 5.89. The van der Waals surface area contributed by atoms with Crippen molar-refractivity contribution in [2.24, 2.45) is 0 Å². The molecule has 0 N–H and O–H groups in total. The highest BCUT2D eigenvalue weighted by Crippen LogP contribution is 2.43. The predicted molar refractivity (Wildman–Crippen MR) is 130 cm³/mol. The van der Waals surface area contributed by atoms with Gasteiger partial charge >= 0.3 is 10.1 Å². The molecular formula is C26H23ClFNO5S. The number of fused-ring (bicyclic) bond motifs is 1. The third kappa shape index (κ3) is 5.06. The minimum Gasteiger partial charge on any atom is -0.485 e. The monoisotopic (exact) mass is 515 g/mol. The Bertz CT molecular complexity index is 1390. The van der Waals surface area contributed by atoms with Crippen molar-refractivity contribution in [1.82, 2.24) is 5.06 Å². The molecule has 182 valence electrons. The minimum absolute atomic E-state index is 0.112. The standard InChI is InChI=1S/C26H23ClFNO5S/c1-17-5-8-20(9-6-17)35(30,31)34-29-13-11-18(12-14-29)21-3-2-4-24-26(21)33-25(16-32-24)22-10-7-19(27)15-23(22)28/h2-11,15,25H,12-14,16H2,1H3. The topological polar surface area (TPSA) is 65.1 Å². The first kappa shape index (κ1) is 23.8. The first-order valence-electron chi connectivity index (χ1n) is 11.1. The summed E-state index contributed by atoms with van der Waals surface area (Å²) in [4.78, 5) is 0.112. The van der Waals surface area contributed by atoms with Crippen molar-refractivity contribution in [3.63, 3.8) is 0 Å². The summed E-state index contributed by atoms with van der Waals surface area (Å²) in [5.41, 5.74) is 3.12. The van der Waals surface area contributed by atoms with E-state index in [0.717, 1.165) is 16.7 Å². The minimum atomic E-state index is -3.91. The molecule has 2 aliphatic heterocycles. The number of ether oxygens (including phenoxy) is 2. The number of halogens is 2. The Morgan fingerprint density at radius 2 is 1.91 bits per heavy atom. The molecule has 3 aromatic rings. The summed E-state index contributed by atoms with van der Waals surface area (Å²) < 4.78 is 57.2. The van der Waals surface area contributed by atoms with Gasteiger partial charge in [-0.3, -0.25) is 0 Å². The van der Waals surface area contributed by atoms with Gasteiger partial charge in [0.05, 0.1) is 4.90 Å². The molecule has 9 heteroatoms. The zero-order valence-electron chi connectivity index (χ0n) is 18.9. The Morgan fingerprint density at radius 1 is 1.11 bits per heavy atom. The fourth-order valence-electron chi connectivity index (χ4n) is 4.11. The molecular weight excluding hydrogens is 493 g/mol. The van der Waals surface area contributed by atoms with Gasteiger partial charge in [0.1, 0.15) is 12.4 Å². The van der Waals surface area contributed by atoms with Crippen molar-refractivity contribution in [3.05, 3.63) is 94.3 Å². The Hall–Kier alpha value is -2.91. The zero-order chi connectivity index (χ0) is 24.6. The van der Waals surface area contributed by atoms with Crippen LogP contribution >= 0.6 is 11.6 Å². The molecule has 1 unspecified atom stereocenters. The van der Waals surface area contributed by atoms with Gasteiger partial charge in [0.2, 0.25) is 0 Å². The summed E-state index contributed by atoms with van der Waals surface area (Å²) in [6, 6.07) is 16.6. The summed E-state index contributed by atoms with van der Waals surface area (Å²) in [5.74, 6) is 0.659. The van der Waals surface area contributed by atoms with Crippen LogP contribution in [-0.2, 0) is 14.4 Å². The number of benzene rings is 3. The fourth-order valence-corrected chi connectivity index (χ4v) is 5.24. The first-order valence-corrected chi connectivity index (χ1v) is 12.9. The maximum Gasteiger partial charge on any atom is 0.313 e. The van der Waals surface area contributed by atoms with Crippen LogP contribution in [0.1, 0.15) is 29.2 Å². The molecule has 35 heavy (non-hydrogen) atoms. The fraction of sp³-hybridized carbons (Fsp3) is 0.231. The van der Waals surface area contributed by atoms with E-state index in [0.29, 0.717) is 35.1 Å². The van der Waals surface area contributed by atoms with Crippen molar-refractivity contribution < 1.29 is 26.6 Å². The van der Waals surface area contributed by atoms with Crippen LogP contribution in [0.25, 0.3) is 5.57 Å². The molecule has 5 rings (SSSR count). The smallest absolute Gasteiger partial charge is 0.313 e. The third-order valence-electron chi connectivity index (χ3n) is 5.97. The molecule has 6 nitrogen and oxygen atoms in total. The molecule has 0 aliphatic carbocycles. The third-order valence-corrected chi connectivity index (χ3v) is 7.46. The number of hydrogen-bond donors (Lipinski definition) is 0. The largest absolute Gasteiger partial charge is 0.485 e. The van der Waals surface area contributed by atoms with Crippen molar-refractivity contribution in [3.8, 4) is 11.5 Å². The van der Waals surface area contributed by atoms with Gasteiger partial charge < -0.3 is 9.47 Å². The van der Waals surface area contributed by atoms with Crippen LogP contribution in [0.4, 0.5) is 4.39 Å². The van der Waals surface area contributed by atoms with Gasteiger partial charge in [0, 0.05) is 29.2 Å². The first-order chi connectivity index (χ1) is 16.8. The lowest BCUT2D eigenvalue weighted by Crippen LogP contribution is -2.31. The van der Waals surface area contributed by atoms with Gasteiger partial charge in [0.25, 0.3) is 0 Å². The van der Waals surface area contributed by atoms with E-state index in [1.54, 1.807) is 30.3 Å². The highest BCUT2D eigenvalue weighted by Gasteiger charge is 2.29. The highest BCUT2D eigenvalue weighted by molar-refractivity contribution is 7.86. The van der Waals surface area contributed by atoms with E-state index < -0.39 is 22.0 Å². The van der Waals surface area contributed by atoms with Crippen molar-refractivity contribution >= 4 is 27.3 Å². The second kappa shape index (κ2) is 9.62. The van der Waals surface area contributed by atoms with E-state index in [4.69, 9.17) is 25.4 Å². The van der Waals surface area contributed by atoms with Crippen molar-refractivity contribution in [1.29, 1.82) is 0 Å². The molecule has 2 aliphatic rings. The number of hydrogen-bond acceptors (Lipinski definition) is 6. The maximum atomic E-state index is 14.5. The molecule has 0 saturated heterocycles. The quantitative estimate of drug-likeness (QED) is 0.433. The van der Waals surface area contributed by atoms with Crippen LogP contribution in [0.5, 0.6) is 11.5 Å². The molecule has 0 bridgehead atoms. The number of para-hydroxylation sites is 1. The van der Waals surface area contributed by atoms with Gasteiger partial charge in [-0.15, -0.1) is 0 Å². The second-order valence-electron chi connectivity index (χ2n) is 8.43. The summed E-state index contributed by atoms with van der Waals surface area (Å²) in [7, 11) is -3.91. The number of rotatable bonds is 5. The summed E-state index contributed by atoms with van der Waals surface area (Å²) in [5, 5.41) is 1.73. The number of hydroxylamine groups is 2. The van der Waals surface area contributed by atoms with Crippen LogP contribution in [0, 0.1) is 12.7 Å². The molecule has 0 radical (unpaired) electrons. The van der Waals surface area contributed by atoms with E-state index in [-0.39, 0.29) is 18.0 Å². The lowest BCUT2D eigenvalue weighted by Gasteiger charge is -2.30. The van der Waals surface area contributed by atoms with E-state index in [1.807, 2.05) is 25.1 Å². The summed E-state index contributed by atoms with van der Waals surface area (Å²) in [6.45, 7) is 2.71. The van der Waals surface area contributed by atoms with Gasteiger partial charge in [-0.05, 0) is 49.2 Å². The van der Waals surface area contributed by atoms with Gasteiger partial charge in [-0.1, -0.05) is 53.6 Å². The Balaban J connectivity index is 1.34. The van der Waals surface area contributed by atoms with Gasteiger partial charge in [-0.25, -0.2) is 4.39 Å². The van der Waals surface area contributed by atoms with Crippen molar-refractivity contribution in [2.45, 2.75) is 24.3 Å². The Labute approximate surface area is 208 Å². The molecule has 0 fully saturated rings. The lowest BCUT2D eigenvalue weighted by atomic mass is 9.98.